The lowest BCUT2D eigenvalue weighted by Gasteiger charge is -2.39. The Kier molecular flexibility index (Phi) is 4.77. The Morgan fingerprint density at radius 1 is 1.20 bits per heavy atom. The van der Waals surface area contributed by atoms with Crippen molar-refractivity contribution in [2.45, 2.75) is 57.3 Å². The number of aryl methyl sites for hydroxylation is 1. The molecule has 3 atom stereocenters. The van der Waals surface area contributed by atoms with Gasteiger partial charge < -0.3 is 15.1 Å². The van der Waals surface area contributed by atoms with Crippen LogP contribution in [0, 0.1) is 6.92 Å². The van der Waals surface area contributed by atoms with E-state index < -0.39 is 0 Å². The molecular formula is C20H25N3OS. The number of piperidine rings is 1. The molecule has 0 radical (unpaired) electrons. The molecule has 2 saturated heterocycles. The zero-order valence-electron chi connectivity index (χ0n) is 14.6. The molecule has 4 nitrogen and oxygen atoms in total. The highest BCUT2D eigenvalue weighted by Crippen LogP contribution is 2.36. The number of benzene rings is 1. The summed E-state index contributed by atoms with van der Waals surface area (Å²) in [7, 11) is 0. The van der Waals surface area contributed by atoms with Crippen LogP contribution in [0.15, 0.2) is 47.1 Å². The van der Waals surface area contributed by atoms with Crippen LogP contribution in [-0.2, 0) is 6.54 Å². The molecule has 2 aromatic rings. The summed E-state index contributed by atoms with van der Waals surface area (Å²) in [5, 5.41) is 7.59. The third kappa shape index (κ3) is 3.88. The van der Waals surface area contributed by atoms with Crippen LogP contribution < -0.4 is 10.6 Å². The normalized spacial score (nSPS) is 25.7. The minimum absolute atomic E-state index is 0.454. The van der Waals surface area contributed by atoms with E-state index in [1.807, 2.05) is 12.1 Å². The first-order valence-corrected chi connectivity index (χ1v) is 9.50. The van der Waals surface area contributed by atoms with Gasteiger partial charge in [-0.15, -0.1) is 0 Å². The molecule has 0 spiro atoms. The molecule has 5 heteroatoms. The number of hydrogen-bond acceptors (Lipinski definition) is 3. The molecule has 2 aliphatic rings. The topological polar surface area (TPSA) is 40.4 Å². The maximum Gasteiger partial charge on any atom is 0.170 e. The van der Waals surface area contributed by atoms with E-state index in [4.69, 9.17) is 16.6 Å². The Balaban J connectivity index is 1.32. The highest BCUT2D eigenvalue weighted by molar-refractivity contribution is 7.80. The Morgan fingerprint density at radius 3 is 2.68 bits per heavy atom. The number of hydrogen-bond donors (Lipinski definition) is 2. The van der Waals surface area contributed by atoms with Gasteiger partial charge in [0.15, 0.2) is 5.11 Å². The number of anilines is 1. The molecule has 0 saturated carbocycles. The summed E-state index contributed by atoms with van der Waals surface area (Å²) in [6.45, 7) is 3.02. The first-order valence-electron chi connectivity index (χ1n) is 9.10. The number of rotatable bonds is 4. The average Bonchev–Trinajstić information content (AvgIpc) is 3.15. The largest absolute Gasteiger partial charge is 0.468 e. The molecule has 132 valence electrons. The lowest BCUT2D eigenvalue weighted by Crippen LogP contribution is -2.50. The standard InChI is InChI=1S/C20H25N3OS/c1-14-4-2-5-15(10-14)21-20(25)22-16-11-17-7-8-18(12-16)23(17)13-19-6-3-9-24-19/h2-6,9-10,16-18H,7-8,11-13H2,1H3,(H2,21,22,25)/t16?,17-,18+. The monoisotopic (exact) mass is 355 g/mol. The molecule has 0 aliphatic carbocycles. The average molecular weight is 356 g/mol. The van der Waals surface area contributed by atoms with Gasteiger partial charge in [-0.05, 0) is 74.7 Å². The maximum absolute atomic E-state index is 5.54. The first-order chi connectivity index (χ1) is 12.2. The van der Waals surface area contributed by atoms with Crippen molar-refractivity contribution in [3.63, 3.8) is 0 Å². The van der Waals surface area contributed by atoms with Crippen molar-refractivity contribution in [3.8, 4) is 0 Å². The van der Waals surface area contributed by atoms with Gasteiger partial charge in [0.25, 0.3) is 0 Å². The predicted molar refractivity (Wildman–Crippen MR) is 105 cm³/mol. The van der Waals surface area contributed by atoms with Crippen LogP contribution in [-0.4, -0.2) is 28.1 Å². The van der Waals surface area contributed by atoms with E-state index in [9.17, 15) is 0 Å². The molecule has 2 bridgehead atoms. The van der Waals surface area contributed by atoms with Crippen LogP contribution in [0.4, 0.5) is 5.69 Å². The fourth-order valence-electron chi connectivity index (χ4n) is 4.31. The molecular weight excluding hydrogens is 330 g/mol. The van der Waals surface area contributed by atoms with Gasteiger partial charge >= 0.3 is 0 Å². The van der Waals surface area contributed by atoms with Gasteiger partial charge in [-0.1, -0.05) is 12.1 Å². The second-order valence-electron chi connectivity index (χ2n) is 7.27. The minimum Gasteiger partial charge on any atom is -0.468 e. The van der Waals surface area contributed by atoms with Crippen LogP contribution in [0.2, 0.25) is 0 Å². The minimum atomic E-state index is 0.454. The van der Waals surface area contributed by atoms with Gasteiger partial charge in [-0.3, -0.25) is 4.90 Å². The number of fused-ring (bicyclic) bond motifs is 2. The van der Waals surface area contributed by atoms with Crippen molar-refractivity contribution in [2.24, 2.45) is 0 Å². The summed E-state index contributed by atoms with van der Waals surface area (Å²) < 4.78 is 5.54. The zero-order chi connectivity index (χ0) is 17.2. The van der Waals surface area contributed by atoms with Crippen molar-refractivity contribution >= 4 is 23.0 Å². The lowest BCUT2D eigenvalue weighted by atomic mass is 9.97. The fraction of sp³-hybridized carbons (Fsp3) is 0.450. The number of furan rings is 1. The second kappa shape index (κ2) is 7.18. The molecule has 25 heavy (non-hydrogen) atoms. The van der Waals surface area contributed by atoms with Gasteiger partial charge in [0.1, 0.15) is 5.76 Å². The Labute approximate surface area is 154 Å². The van der Waals surface area contributed by atoms with Crippen molar-refractivity contribution in [2.75, 3.05) is 5.32 Å². The molecule has 1 aromatic carbocycles. The third-order valence-corrected chi connectivity index (χ3v) is 5.63. The van der Waals surface area contributed by atoms with E-state index in [0.29, 0.717) is 18.1 Å². The SMILES string of the molecule is Cc1cccc(NC(=S)NC2C[C@H]3CC[C@@H](C2)N3Cc2ccco2)c1. The molecule has 1 aromatic heterocycles. The summed E-state index contributed by atoms with van der Waals surface area (Å²) in [6, 6.07) is 14.1. The number of thiocarbonyl (C=S) groups is 1. The molecule has 4 rings (SSSR count). The second-order valence-corrected chi connectivity index (χ2v) is 7.68. The van der Waals surface area contributed by atoms with Gasteiger partial charge in [-0.25, -0.2) is 0 Å². The van der Waals surface area contributed by atoms with E-state index in [1.54, 1.807) is 6.26 Å². The van der Waals surface area contributed by atoms with E-state index in [1.165, 1.54) is 18.4 Å². The van der Waals surface area contributed by atoms with Gasteiger partial charge in [-0.2, -0.15) is 0 Å². The molecule has 2 fully saturated rings. The molecule has 2 N–H and O–H groups in total. The third-order valence-electron chi connectivity index (χ3n) is 5.41. The summed E-state index contributed by atoms with van der Waals surface area (Å²) in [5.74, 6) is 1.07. The van der Waals surface area contributed by atoms with Gasteiger partial charge in [0.05, 0.1) is 12.8 Å². The fourth-order valence-corrected chi connectivity index (χ4v) is 4.59. The quantitative estimate of drug-likeness (QED) is 0.809. The van der Waals surface area contributed by atoms with E-state index in [0.717, 1.165) is 35.9 Å². The van der Waals surface area contributed by atoms with E-state index in [-0.39, 0.29) is 0 Å². The lowest BCUT2D eigenvalue weighted by molar-refractivity contribution is 0.106. The van der Waals surface area contributed by atoms with Crippen LogP contribution in [0.1, 0.15) is 37.0 Å². The van der Waals surface area contributed by atoms with Crippen LogP contribution >= 0.6 is 12.2 Å². The Bertz CT molecular complexity index is 716. The van der Waals surface area contributed by atoms with Crippen molar-refractivity contribution in [3.05, 3.63) is 54.0 Å². The highest BCUT2D eigenvalue weighted by atomic mass is 32.1. The maximum atomic E-state index is 5.54. The molecule has 0 amide bonds. The molecule has 1 unspecified atom stereocenters. The van der Waals surface area contributed by atoms with Crippen LogP contribution in [0.5, 0.6) is 0 Å². The van der Waals surface area contributed by atoms with Gasteiger partial charge in [0, 0.05) is 23.8 Å². The number of nitrogens with one attached hydrogen (secondary N) is 2. The molecule has 2 aliphatic heterocycles. The summed E-state index contributed by atoms with van der Waals surface area (Å²) in [6.07, 6.45) is 6.61. The van der Waals surface area contributed by atoms with Crippen molar-refractivity contribution in [1.29, 1.82) is 0 Å². The summed E-state index contributed by atoms with van der Waals surface area (Å²) >= 11 is 5.53. The van der Waals surface area contributed by atoms with E-state index in [2.05, 4.69) is 46.7 Å². The number of nitrogens with zero attached hydrogens (tertiary/aromatic N) is 1. The van der Waals surface area contributed by atoms with Gasteiger partial charge in [0.2, 0.25) is 0 Å². The van der Waals surface area contributed by atoms with Crippen LogP contribution in [0.25, 0.3) is 0 Å². The zero-order valence-corrected chi connectivity index (χ0v) is 15.4. The predicted octanol–water partition coefficient (Wildman–Crippen LogP) is 4.07. The van der Waals surface area contributed by atoms with Crippen LogP contribution in [0.3, 0.4) is 0 Å². The Hall–Kier alpha value is -1.85. The smallest absolute Gasteiger partial charge is 0.170 e. The highest BCUT2D eigenvalue weighted by Gasteiger charge is 2.41. The van der Waals surface area contributed by atoms with Crippen molar-refractivity contribution in [1.82, 2.24) is 10.2 Å². The molecule has 3 heterocycles. The van der Waals surface area contributed by atoms with Crippen molar-refractivity contribution < 1.29 is 4.42 Å². The summed E-state index contributed by atoms with van der Waals surface area (Å²) in [5.41, 5.74) is 2.29. The first kappa shape index (κ1) is 16.6. The Morgan fingerprint density at radius 2 is 2.00 bits per heavy atom. The van der Waals surface area contributed by atoms with E-state index >= 15 is 0 Å². The summed E-state index contributed by atoms with van der Waals surface area (Å²) in [4.78, 5) is 2.62.